The second-order valence-corrected chi connectivity index (χ2v) is 29.7. The van der Waals surface area contributed by atoms with E-state index in [4.69, 9.17) is 52.1 Å². The van der Waals surface area contributed by atoms with Crippen LogP contribution in [-0.2, 0) is 111 Å². The van der Waals surface area contributed by atoms with Gasteiger partial charge < -0.3 is 104 Å². The predicted molar refractivity (Wildman–Crippen MR) is 423 cm³/mol. The number of anilines is 1. The lowest BCUT2D eigenvalue weighted by atomic mass is 9.92. The highest BCUT2D eigenvalue weighted by Gasteiger charge is 2.39. The number of aliphatic carboxylic acids is 1. The van der Waals surface area contributed by atoms with Gasteiger partial charge in [0.1, 0.15) is 41.2 Å². The van der Waals surface area contributed by atoms with E-state index in [1.54, 1.807) is 65.7 Å². The number of thiazole rings is 1. The van der Waals surface area contributed by atoms with Gasteiger partial charge in [0.2, 0.25) is 41.4 Å². The van der Waals surface area contributed by atoms with Crippen molar-refractivity contribution in [3.8, 4) is 5.75 Å². The molecular weight excluding hydrogens is 1520 g/mol. The number of unbranched alkanes of at least 4 members (excludes halogenated alkanes) is 1. The number of aromatic hydroxyl groups is 1. The van der Waals surface area contributed by atoms with Gasteiger partial charge in [0, 0.05) is 83.0 Å². The molecule has 0 saturated carbocycles. The van der Waals surface area contributed by atoms with Crippen molar-refractivity contribution in [2.24, 2.45) is 17.8 Å². The molecule has 1 aromatic heterocycles. The lowest BCUT2D eigenvalue weighted by Gasteiger charge is -2.38. The number of methoxy groups -OCH3 is 1. The first-order valence-corrected chi connectivity index (χ1v) is 40.1. The fraction of sp³-hybridized carbons (Fsp3) is 0.705. The average molecular weight is 1650 g/mol. The van der Waals surface area contributed by atoms with Gasteiger partial charge in [-0.1, -0.05) is 54.0 Å². The van der Waals surface area contributed by atoms with Gasteiger partial charge in [-0.2, -0.15) is 0 Å². The lowest BCUT2D eigenvalue weighted by molar-refractivity contribution is -0.149. The average Bonchev–Trinajstić information content (AvgIpc) is 1.64. The fourth-order valence-electron chi connectivity index (χ4n) is 11.2. The number of amides is 10. The topological polar surface area (TPSA) is 454 Å². The van der Waals surface area contributed by atoms with Crippen LogP contribution in [-0.4, -0.2) is 310 Å². The highest BCUT2D eigenvalue weighted by atomic mass is 32.1. The summed E-state index contributed by atoms with van der Waals surface area (Å²) in [6.07, 6.45) is 2.12. The fourth-order valence-corrected chi connectivity index (χ4v) is 12.0. The Morgan fingerprint density at radius 3 is 1.68 bits per heavy atom. The van der Waals surface area contributed by atoms with Gasteiger partial charge in [-0.05, 0) is 102 Å². The zero-order chi connectivity index (χ0) is 85.3. The van der Waals surface area contributed by atoms with Crippen molar-refractivity contribution < 1.29 is 120 Å². The smallest absolute Gasteiger partial charge is 0.303 e. The molecule has 0 aliphatic carbocycles. The van der Waals surface area contributed by atoms with Crippen LogP contribution < -0.4 is 37.2 Å². The Hall–Kier alpha value is -8.21. The second-order valence-electron chi connectivity index (χ2n) is 28.8. The molecule has 0 bridgehead atoms. The van der Waals surface area contributed by atoms with Gasteiger partial charge >= 0.3 is 11.9 Å². The number of phenolic OH excluding ortho intramolecular Hbond substituents is 1. The summed E-state index contributed by atoms with van der Waals surface area (Å²) in [4.78, 5) is 167. The molecule has 0 unspecified atom stereocenters. The van der Waals surface area contributed by atoms with Gasteiger partial charge in [-0.25, -0.2) is 4.98 Å². The Morgan fingerprint density at radius 2 is 1.17 bits per heavy atom. The van der Waals surface area contributed by atoms with E-state index >= 15 is 0 Å². The van der Waals surface area contributed by atoms with E-state index in [9.17, 15) is 67.7 Å². The highest BCUT2D eigenvalue weighted by molar-refractivity contribution is 7.09. The normalized spacial score (nSPS) is 14.1. The van der Waals surface area contributed by atoms with Crippen molar-refractivity contribution in [2.75, 3.05) is 179 Å². The number of carboxylic acid groups (broad SMARTS) is 1. The molecule has 0 fully saturated rings. The molecule has 1 aliphatic rings. The largest absolute Gasteiger partial charge is 0.506 e. The summed E-state index contributed by atoms with van der Waals surface area (Å²) in [6.45, 7) is 22.3. The van der Waals surface area contributed by atoms with Crippen LogP contribution in [0.3, 0.4) is 0 Å². The number of rotatable bonds is 65. The summed E-state index contributed by atoms with van der Waals surface area (Å²) < 4.78 is 59.9. The Kier molecular flexibility index (Phi) is 50.0. The summed E-state index contributed by atoms with van der Waals surface area (Å²) in [5.74, 6) is -8.82. The molecule has 3 rings (SSSR count). The minimum Gasteiger partial charge on any atom is -0.506 e. The van der Waals surface area contributed by atoms with Gasteiger partial charge in [0.05, 0.1) is 137 Å². The van der Waals surface area contributed by atoms with E-state index < -0.39 is 114 Å². The van der Waals surface area contributed by atoms with Crippen LogP contribution in [0.15, 0.2) is 35.7 Å². The van der Waals surface area contributed by atoms with E-state index in [1.165, 1.54) is 30.5 Å². The number of carbonyl (C=O) groups excluding carboxylic acids is 11. The Labute approximate surface area is 679 Å². The van der Waals surface area contributed by atoms with E-state index in [0.29, 0.717) is 131 Å². The molecule has 0 radical (unpaired) electrons. The number of ether oxygens (including phenoxy) is 11. The number of phenols is 1. The number of nitrogens with zero attached hydrogens (tertiary/aromatic N) is 4. The standard InChI is InChI=1S/C78H127N11O25S/c1-14-54(6)71(86-77(103)78(8,9)87(10)11)76(102)88(12)61(52(2)3)48-63(114-55(7)90)75-84-60(51-115-75)73(100)81-57(21-25-69(97)98)46-56-20-22-62(91)59(47-56)83-65(93)49-80-74(101)70(53(4)5)85-72(99)58(82-64(92)19-17-27-89-67(95)23-24-68(89)96)18-15-16-26-79-66(94)50-113-45-44-112-43-42-111-41-40-110-39-38-109-37-36-108-35-34-107-33-32-106-31-30-105-29-28-104-13/h20,22-24,47,51-54,57-58,61,63,70-71,91H,14-19,21,25-46,48-50H2,1-13H3,(H,79,94)(H,80,101)(H,81,100)(H,82,92)(H,83,93)(H,85,99)(H,86,103)(H,97,98)/t54-,57+,58-,61+,63+,70-,71-/m0/s1. The number of esters is 1. The summed E-state index contributed by atoms with van der Waals surface area (Å²) in [7, 11) is 6.80. The SMILES string of the molecule is CC[C@H](C)[C@H](NC(=O)C(C)(C)N(C)C)C(=O)N(C)[C@H](C[C@@H](OC(C)=O)c1nc(C(=O)N[C@H](CCC(=O)O)Cc2ccc(O)c(NC(=O)CNC(=O)[C@@H](NC(=O)[C@H](CCCCNC(=O)COCCOCCOCCOCCOCCOCCOCCOCCOCCOC)NC(=O)CCCN3C(=O)C=CC3=O)C(C)C)c2)cs1)C(C)C. The molecule has 0 spiro atoms. The number of hydrogen-bond acceptors (Lipinski definition) is 27. The number of aromatic nitrogens is 1. The quantitative estimate of drug-likeness (QED) is 0.0199. The van der Waals surface area contributed by atoms with Crippen LogP contribution in [0, 0.1) is 17.8 Å². The maximum atomic E-state index is 14.4. The van der Waals surface area contributed by atoms with Crippen LogP contribution >= 0.6 is 11.3 Å². The van der Waals surface area contributed by atoms with Crippen LogP contribution in [0.2, 0.25) is 0 Å². The Bertz CT molecular complexity index is 3320. The maximum absolute atomic E-state index is 14.4. The van der Waals surface area contributed by atoms with E-state index in [-0.39, 0.29) is 124 Å². The van der Waals surface area contributed by atoms with Crippen LogP contribution in [0.1, 0.15) is 147 Å². The molecule has 2 heterocycles. The molecule has 650 valence electrons. The number of carboxylic acids is 1. The molecule has 2 aromatic rings. The number of benzene rings is 1. The number of likely N-dealkylation sites (N-methyl/N-ethyl adjacent to an activating group) is 2. The summed E-state index contributed by atoms with van der Waals surface area (Å²) in [5, 5.41) is 41.4. The van der Waals surface area contributed by atoms with E-state index in [1.807, 2.05) is 27.7 Å². The van der Waals surface area contributed by atoms with Crippen LogP contribution in [0.25, 0.3) is 0 Å². The van der Waals surface area contributed by atoms with E-state index in [0.717, 1.165) is 28.4 Å². The van der Waals surface area contributed by atoms with Crippen molar-refractivity contribution in [1.82, 2.24) is 51.6 Å². The minimum atomic E-state index is -1.24. The maximum Gasteiger partial charge on any atom is 0.303 e. The number of carbonyl (C=O) groups is 12. The molecule has 115 heavy (non-hydrogen) atoms. The molecule has 36 nitrogen and oxygen atoms in total. The van der Waals surface area contributed by atoms with Gasteiger partial charge in [-0.3, -0.25) is 67.3 Å². The van der Waals surface area contributed by atoms with Crippen molar-refractivity contribution >= 4 is 88.0 Å². The summed E-state index contributed by atoms with van der Waals surface area (Å²) in [6, 6.07) is -0.510. The van der Waals surface area contributed by atoms with Crippen molar-refractivity contribution in [3.05, 3.63) is 52.0 Å². The first-order chi connectivity index (χ1) is 54.8. The monoisotopic (exact) mass is 1650 g/mol. The summed E-state index contributed by atoms with van der Waals surface area (Å²) in [5.41, 5.74) is -0.656. The van der Waals surface area contributed by atoms with Crippen molar-refractivity contribution in [2.45, 2.75) is 168 Å². The van der Waals surface area contributed by atoms with Gasteiger partial charge in [-0.15, -0.1) is 11.3 Å². The molecule has 0 saturated heterocycles. The molecule has 1 aliphatic heterocycles. The Balaban J connectivity index is 1.52. The molecule has 7 atom stereocenters. The highest BCUT2D eigenvalue weighted by Crippen LogP contribution is 2.32. The summed E-state index contributed by atoms with van der Waals surface area (Å²) >= 11 is 1.04. The van der Waals surface area contributed by atoms with Gasteiger partial charge in [0.25, 0.3) is 17.7 Å². The number of imide groups is 1. The minimum absolute atomic E-state index is 0.00771. The third-order valence-corrected chi connectivity index (χ3v) is 19.5. The molecule has 10 amide bonds. The third-order valence-electron chi connectivity index (χ3n) is 18.6. The van der Waals surface area contributed by atoms with Crippen molar-refractivity contribution in [3.63, 3.8) is 0 Å². The second kappa shape index (κ2) is 57.0. The predicted octanol–water partition coefficient (Wildman–Crippen LogP) is 2.87. The molecular formula is C78H127N11O25S. The lowest BCUT2D eigenvalue weighted by Crippen LogP contribution is -2.60. The first kappa shape index (κ1) is 101. The third kappa shape index (κ3) is 41.0. The van der Waals surface area contributed by atoms with E-state index in [2.05, 4.69) is 42.2 Å². The van der Waals surface area contributed by atoms with Crippen LogP contribution in [0.5, 0.6) is 5.75 Å². The zero-order valence-electron chi connectivity index (χ0n) is 69.3. The zero-order valence-corrected chi connectivity index (χ0v) is 70.1. The van der Waals surface area contributed by atoms with Gasteiger partial charge in [0.15, 0.2) is 6.10 Å². The molecule has 9 N–H and O–H groups in total. The van der Waals surface area contributed by atoms with Crippen molar-refractivity contribution in [1.29, 1.82) is 0 Å². The number of nitrogens with one attached hydrogen (secondary N) is 7. The van der Waals surface area contributed by atoms with Crippen LogP contribution in [0.4, 0.5) is 5.69 Å². The molecule has 1 aromatic carbocycles. The first-order valence-electron chi connectivity index (χ1n) is 39.2. The molecule has 37 heteroatoms. The Morgan fingerprint density at radius 1 is 0.626 bits per heavy atom. The number of hydrogen-bond donors (Lipinski definition) is 9.